The lowest BCUT2D eigenvalue weighted by molar-refractivity contribution is 0.190. The Balaban J connectivity index is 2.81. The van der Waals surface area contributed by atoms with Crippen molar-refractivity contribution in [2.75, 3.05) is 19.8 Å². The van der Waals surface area contributed by atoms with Crippen molar-refractivity contribution >= 4 is 0 Å². The zero-order chi connectivity index (χ0) is 11.3. The molecule has 1 aliphatic rings. The fourth-order valence-electron chi connectivity index (χ4n) is 1.70. The van der Waals surface area contributed by atoms with Gasteiger partial charge in [0.15, 0.2) is 0 Å². The van der Waals surface area contributed by atoms with Crippen molar-refractivity contribution in [1.29, 1.82) is 0 Å². The van der Waals surface area contributed by atoms with E-state index in [1.807, 2.05) is 0 Å². The van der Waals surface area contributed by atoms with E-state index in [1.165, 1.54) is 11.1 Å². The maximum Gasteiger partial charge on any atom is 0.0535 e. The second-order valence-electron chi connectivity index (χ2n) is 4.23. The summed E-state index contributed by atoms with van der Waals surface area (Å²) in [5.41, 5.74) is 9.22. The number of nitrogens with two attached hydrogens (primary N) is 1. The Bertz CT molecular complexity index is 279. The lowest BCUT2D eigenvalue weighted by Gasteiger charge is -2.14. The Morgan fingerprint density at radius 2 is 2.20 bits per heavy atom. The smallest absolute Gasteiger partial charge is 0.0535 e. The van der Waals surface area contributed by atoms with Crippen molar-refractivity contribution in [3.8, 4) is 0 Å². The Morgan fingerprint density at radius 1 is 1.47 bits per heavy atom. The normalized spacial score (nSPS) is 21.5. The van der Waals surface area contributed by atoms with Crippen LogP contribution in [0.15, 0.2) is 35.5 Å². The van der Waals surface area contributed by atoms with Gasteiger partial charge in [-0.1, -0.05) is 24.3 Å². The molecule has 1 rings (SSSR count). The molecule has 2 heteroatoms. The number of hydrogen-bond acceptors (Lipinski definition) is 2. The van der Waals surface area contributed by atoms with Crippen LogP contribution < -0.4 is 5.73 Å². The van der Waals surface area contributed by atoms with E-state index < -0.39 is 0 Å². The molecule has 0 aliphatic carbocycles. The van der Waals surface area contributed by atoms with Gasteiger partial charge in [0, 0.05) is 19.1 Å². The Morgan fingerprint density at radius 3 is 2.67 bits per heavy atom. The molecule has 1 aliphatic heterocycles. The van der Waals surface area contributed by atoms with Gasteiger partial charge in [0.05, 0.1) is 6.61 Å². The number of rotatable bonds is 4. The van der Waals surface area contributed by atoms with Gasteiger partial charge in [-0.25, -0.2) is 0 Å². The largest absolute Gasteiger partial charge is 0.381 e. The summed E-state index contributed by atoms with van der Waals surface area (Å²) < 4.78 is 5.40. The topological polar surface area (TPSA) is 35.2 Å². The van der Waals surface area contributed by atoms with Gasteiger partial charge in [-0.05, 0) is 31.4 Å². The molecule has 0 amide bonds. The third kappa shape index (κ3) is 3.65. The molecular formula is C13H21NO. The molecule has 2 N–H and O–H groups in total. The van der Waals surface area contributed by atoms with Crippen molar-refractivity contribution in [2.24, 2.45) is 11.7 Å². The number of allylic oxidation sites excluding steroid dienone is 3. The summed E-state index contributed by atoms with van der Waals surface area (Å²) in [6, 6.07) is 0. The molecule has 84 valence electrons. The summed E-state index contributed by atoms with van der Waals surface area (Å²) in [5, 5.41) is 0. The van der Waals surface area contributed by atoms with Crippen molar-refractivity contribution in [3.05, 3.63) is 35.5 Å². The number of ether oxygens (including phenoxy) is 1. The summed E-state index contributed by atoms with van der Waals surface area (Å²) in [6.45, 7) is 10.4. The van der Waals surface area contributed by atoms with E-state index in [2.05, 4.69) is 32.6 Å². The van der Waals surface area contributed by atoms with Crippen LogP contribution in [0.4, 0.5) is 0 Å². The fourth-order valence-corrected chi connectivity index (χ4v) is 1.70. The molecule has 0 saturated carbocycles. The second-order valence-corrected chi connectivity index (χ2v) is 4.23. The van der Waals surface area contributed by atoms with E-state index in [0.29, 0.717) is 12.5 Å². The van der Waals surface area contributed by atoms with E-state index in [9.17, 15) is 0 Å². The summed E-state index contributed by atoms with van der Waals surface area (Å²) in [4.78, 5) is 0. The molecule has 0 spiro atoms. The third-order valence-corrected chi connectivity index (χ3v) is 2.62. The zero-order valence-electron chi connectivity index (χ0n) is 9.75. The van der Waals surface area contributed by atoms with Crippen LogP contribution in [-0.4, -0.2) is 19.8 Å². The molecule has 0 aromatic heterocycles. The maximum atomic E-state index is 5.65. The van der Waals surface area contributed by atoms with Crippen LogP contribution in [0.1, 0.15) is 20.3 Å². The van der Waals surface area contributed by atoms with Gasteiger partial charge in [-0.3, -0.25) is 0 Å². The predicted octanol–water partition coefficient (Wildman–Crippen LogP) is 2.43. The molecule has 2 nitrogen and oxygen atoms in total. The fraction of sp³-hybridized carbons (Fsp3) is 0.538. The Kier molecular flexibility index (Phi) is 4.79. The highest BCUT2D eigenvalue weighted by Gasteiger charge is 2.20. The van der Waals surface area contributed by atoms with E-state index in [-0.39, 0.29) is 0 Å². The van der Waals surface area contributed by atoms with Gasteiger partial charge < -0.3 is 10.5 Å². The zero-order valence-corrected chi connectivity index (χ0v) is 9.75. The summed E-state index contributed by atoms with van der Waals surface area (Å²) >= 11 is 0. The van der Waals surface area contributed by atoms with E-state index in [4.69, 9.17) is 10.5 Å². The van der Waals surface area contributed by atoms with Crippen molar-refractivity contribution < 1.29 is 4.74 Å². The molecule has 1 fully saturated rings. The molecule has 1 heterocycles. The number of hydrogen-bond donors (Lipinski definition) is 1. The lowest BCUT2D eigenvalue weighted by atomic mass is 9.92. The van der Waals surface area contributed by atoms with Gasteiger partial charge in [-0.15, -0.1) is 0 Å². The van der Waals surface area contributed by atoms with Crippen molar-refractivity contribution in [3.63, 3.8) is 0 Å². The van der Waals surface area contributed by atoms with Gasteiger partial charge in [-0.2, -0.15) is 0 Å². The first kappa shape index (κ1) is 12.2. The minimum atomic E-state index is 0.483. The average Bonchev–Trinajstić information content (AvgIpc) is 2.70. The first-order valence-corrected chi connectivity index (χ1v) is 5.46. The highest BCUT2D eigenvalue weighted by Crippen LogP contribution is 2.26. The van der Waals surface area contributed by atoms with Crippen LogP contribution >= 0.6 is 0 Å². The predicted molar refractivity (Wildman–Crippen MR) is 64.6 cm³/mol. The molecular weight excluding hydrogens is 186 g/mol. The molecule has 0 aromatic rings. The van der Waals surface area contributed by atoms with Gasteiger partial charge in [0.25, 0.3) is 0 Å². The molecule has 0 radical (unpaired) electrons. The monoisotopic (exact) mass is 207 g/mol. The van der Waals surface area contributed by atoms with Crippen LogP contribution in [-0.2, 0) is 4.74 Å². The van der Waals surface area contributed by atoms with Crippen molar-refractivity contribution in [1.82, 2.24) is 0 Å². The first-order valence-electron chi connectivity index (χ1n) is 5.46. The van der Waals surface area contributed by atoms with Crippen LogP contribution in [0.2, 0.25) is 0 Å². The SMILES string of the molecule is C=C(CN)/C(=C\C=C(C)C)[C@H]1CCOC1. The Hall–Kier alpha value is -0.860. The van der Waals surface area contributed by atoms with Gasteiger partial charge in [0.1, 0.15) is 0 Å². The molecule has 1 saturated heterocycles. The lowest BCUT2D eigenvalue weighted by Crippen LogP contribution is -2.12. The van der Waals surface area contributed by atoms with Gasteiger partial charge >= 0.3 is 0 Å². The highest BCUT2D eigenvalue weighted by atomic mass is 16.5. The standard InChI is InChI=1S/C13H21NO/c1-10(2)4-5-13(11(3)8-14)12-6-7-15-9-12/h4-5,12H,3,6-9,14H2,1-2H3/b13-5+/t12-/m0/s1. The Labute approximate surface area is 92.5 Å². The summed E-state index contributed by atoms with van der Waals surface area (Å²) in [6.07, 6.45) is 5.35. The summed E-state index contributed by atoms with van der Waals surface area (Å²) in [7, 11) is 0. The van der Waals surface area contributed by atoms with Crippen LogP contribution in [0.25, 0.3) is 0 Å². The van der Waals surface area contributed by atoms with Crippen LogP contribution in [0, 0.1) is 5.92 Å². The molecule has 0 aromatic carbocycles. The van der Waals surface area contributed by atoms with E-state index >= 15 is 0 Å². The summed E-state index contributed by atoms with van der Waals surface area (Å²) in [5.74, 6) is 0.483. The minimum absolute atomic E-state index is 0.483. The average molecular weight is 207 g/mol. The molecule has 1 atom stereocenters. The van der Waals surface area contributed by atoms with Crippen LogP contribution in [0.3, 0.4) is 0 Å². The molecule has 0 unspecified atom stereocenters. The third-order valence-electron chi connectivity index (χ3n) is 2.62. The minimum Gasteiger partial charge on any atom is -0.381 e. The second kappa shape index (κ2) is 5.89. The first-order chi connectivity index (χ1) is 7.15. The highest BCUT2D eigenvalue weighted by molar-refractivity contribution is 5.35. The van der Waals surface area contributed by atoms with Crippen LogP contribution in [0.5, 0.6) is 0 Å². The molecule has 15 heavy (non-hydrogen) atoms. The van der Waals surface area contributed by atoms with Gasteiger partial charge in [0.2, 0.25) is 0 Å². The van der Waals surface area contributed by atoms with E-state index in [0.717, 1.165) is 25.2 Å². The maximum absolute atomic E-state index is 5.65. The van der Waals surface area contributed by atoms with E-state index in [1.54, 1.807) is 0 Å². The quantitative estimate of drug-likeness (QED) is 0.719. The molecule has 0 bridgehead atoms. The van der Waals surface area contributed by atoms with Crippen molar-refractivity contribution in [2.45, 2.75) is 20.3 Å².